The van der Waals surface area contributed by atoms with Crippen molar-refractivity contribution in [2.45, 2.75) is 6.04 Å². The Labute approximate surface area is 174 Å². The van der Waals surface area contributed by atoms with Gasteiger partial charge in [-0.15, -0.1) is 0 Å². The van der Waals surface area contributed by atoms with E-state index in [2.05, 4.69) is 74.7 Å². The number of nitrogens with one attached hydrogen (secondary N) is 1. The molecule has 4 nitrogen and oxygen atoms in total. The number of methoxy groups -OCH3 is 2. The number of hydrogen-bond donors (Lipinski definition) is 1. The predicted molar refractivity (Wildman–Crippen MR) is 117 cm³/mol. The summed E-state index contributed by atoms with van der Waals surface area (Å²) in [5.41, 5.74) is 2.50. The van der Waals surface area contributed by atoms with Gasteiger partial charge in [-0.05, 0) is 34.0 Å². The van der Waals surface area contributed by atoms with E-state index in [1.54, 1.807) is 14.2 Å². The molecule has 0 aliphatic carbocycles. The van der Waals surface area contributed by atoms with E-state index in [1.165, 1.54) is 21.9 Å². The Hall–Kier alpha value is -2.08. The van der Waals surface area contributed by atoms with E-state index in [-0.39, 0.29) is 6.04 Å². The van der Waals surface area contributed by atoms with Gasteiger partial charge in [-0.1, -0.05) is 58.4 Å². The minimum Gasteiger partial charge on any atom is -0.493 e. The van der Waals surface area contributed by atoms with Gasteiger partial charge >= 0.3 is 0 Å². The largest absolute Gasteiger partial charge is 0.493 e. The van der Waals surface area contributed by atoms with E-state index < -0.39 is 0 Å². The van der Waals surface area contributed by atoms with Gasteiger partial charge in [0, 0.05) is 30.7 Å². The molecule has 3 aromatic carbocycles. The average Bonchev–Trinajstić information content (AvgIpc) is 2.75. The van der Waals surface area contributed by atoms with Crippen LogP contribution < -0.4 is 14.8 Å². The summed E-state index contributed by atoms with van der Waals surface area (Å²) < 4.78 is 12.1. The number of fused-ring (bicyclic) bond motifs is 1. The van der Waals surface area contributed by atoms with Crippen LogP contribution >= 0.6 is 15.9 Å². The Balaban J connectivity index is 1.92. The Morgan fingerprint density at radius 3 is 2.32 bits per heavy atom. The summed E-state index contributed by atoms with van der Waals surface area (Å²) in [5, 5.41) is 6.02. The number of hydrogen-bond acceptors (Lipinski definition) is 4. The van der Waals surface area contributed by atoms with E-state index in [0.717, 1.165) is 42.2 Å². The van der Waals surface area contributed by atoms with Crippen molar-refractivity contribution in [3.8, 4) is 11.5 Å². The molecular weight excluding hydrogens is 416 g/mol. The van der Waals surface area contributed by atoms with Crippen LogP contribution in [0.5, 0.6) is 11.5 Å². The molecule has 1 fully saturated rings. The summed E-state index contributed by atoms with van der Waals surface area (Å²) in [6.45, 7) is 3.97. The zero-order chi connectivity index (χ0) is 19.5. The maximum Gasteiger partial charge on any atom is 0.161 e. The predicted octanol–water partition coefficient (Wildman–Crippen LogP) is 4.61. The van der Waals surface area contributed by atoms with Gasteiger partial charge in [-0.3, -0.25) is 4.90 Å². The Bertz CT molecular complexity index is 965. The first-order valence-electron chi connectivity index (χ1n) is 9.56. The molecule has 1 heterocycles. The van der Waals surface area contributed by atoms with Crippen LogP contribution in [-0.2, 0) is 0 Å². The zero-order valence-corrected chi connectivity index (χ0v) is 17.8. The third kappa shape index (κ3) is 3.62. The third-order valence-corrected chi connectivity index (χ3v) is 6.12. The van der Waals surface area contributed by atoms with Crippen LogP contribution in [0.3, 0.4) is 0 Å². The lowest BCUT2D eigenvalue weighted by atomic mass is 9.91. The third-order valence-electron chi connectivity index (χ3n) is 5.43. The van der Waals surface area contributed by atoms with Crippen LogP contribution in [0.2, 0.25) is 0 Å². The lowest BCUT2D eigenvalue weighted by molar-refractivity contribution is 0.198. The van der Waals surface area contributed by atoms with Crippen LogP contribution in [0, 0.1) is 0 Å². The smallest absolute Gasteiger partial charge is 0.161 e. The number of piperazine rings is 1. The van der Waals surface area contributed by atoms with E-state index in [4.69, 9.17) is 9.47 Å². The first-order valence-corrected chi connectivity index (χ1v) is 10.4. The fraction of sp³-hybridized carbons (Fsp3) is 0.304. The Morgan fingerprint density at radius 2 is 1.57 bits per heavy atom. The number of benzene rings is 3. The summed E-state index contributed by atoms with van der Waals surface area (Å²) in [7, 11) is 3.36. The molecule has 1 N–H and O–H groups in total. The van der Waals surface area contributed by atoms with Gasteiger partial charge in [-0.25, -0.2) is 0 Å². The summed E-state index contributed by atoms with van der Waals surface area (Å²) in [6, 6.07) is 19.4. The van der Waals surface area contributed by atoms with Crippen molar-refractivity contribution in [2.75, 3.05) is 40.4 Å². The lowest BCUT2D eigenvalue weighted by Gasteiger charge is -2.36. The van der Waals surface area contributed by atoms with Gasteiger partial charge in [0.1, 0.15) is 0 Å². The first kappa shape index (κ1) is 19.2. The van der Waals surface area contributed by atoms with Crippen molar-refractivity contribution in [1.82, 2.24) is 10.2 Å². The molecule has 28 heavy (non-hydrogen) atoms. The molecule has 1 aliphatic rings. The van der Waals surface area contributed by atoms with Crippen molar-refractivity contribution in [3.05, 3.63) is 70.2 Å². The molecule has 0 saturated carbocycles. The molecule has 0 aromatic heterocycles. The van der Waals surface area contributed by atoms with E-state index >= 15 is 0 Å². The van der Waals surface area contributed by atoms with Crippen LogP contribution in [0.25, 0.3) is 10.8 Å². The van der Waals surface area contributed by atoms with Gasteiger partial charge < -0.3 is 14.8 Å². The van der Waals surface area contributed by atoms with E-state index in [1.807, 2.05) is 6.07 Å². The second kappa shape index (κ2) is 8.52. The van der Waals surface area contributed by atoms with Crippen molar-refractivity contribution >= 4 is 26.7 Å². The number of ether oxygens (including phenoxy) is 2. The van der Waals surface area contributed by atoms with Crippen LogP contribution in [-0.4, -0.2) is 45.3 Å². The number of rotatable bonds is 5. The fourth-order valence-electron chi connectivity index (χ4n) is 4.07. The summed E-state index contributed by atoms with van der Waals surface area (Å²) >= 11 is 3.80. The summed E-state index contributed by atoms with van der Waals surface area (Å²) in [5.74, 6) is 1.48. The minimum absolute atomic E-state index is 0.127. The molecule has 1 aliphatic heterocycles. The van der Waals surface area contributed by atoms with Gasteiger partial charge in [0.2, 0.25) is 0 Å². The normalized spacial score (nSPS) is 16.1. The molecule has 0 spiro atoms. The average molecular weight is 441 g/mol. The van der Waals surface area contributed by atoms with Gasteiger partial charge in [0.15, 0.2) is 11.5 Å². The van der Waals surface area contributed by atoms with Crippen LogP contribution in [0.15, 0.2) is 59.1 Å². The molecular formula is C23H25BrN2O2. The molecule has 0 amide bonds. The Kier molecular flexibility index (Phi) is 5.85. The molecule has 0 radical (unpaired) electrons. The fourth-order valence-corrected chi connectivity index (χ4v) is 4.61. The lowest BCUT2D eigenvalue weighted by Crippen LogP contribution is -2.45. The summed E-state index contributed by atoms with van der Waals surface area (Å²) in [4.78, 5) is 2.55. The maximum absolute atomic E-state index is 5.62. The molecule has 4 rings (SSSR count). The molecule has 3 aromatic rings. The molecule has 146 valence electrons. The second-order valence-electron chi connectivity index (χ2n) is 6.99. The van der Waals surface area contributed by atoms with Crippen molar-refractivity contribution in [3.63, 3.8) is 0 Å². The zero-order valence-electron chi connectivity index (χ0n) is 16.2. The highest BCUT2D eigenvalue weighted by Crippen LogP contribution is 2.42. The summed E-state index contributed by atoms with van der Waals surface area (Å²) in [6.07, 6.45) is 0. The standard InChI is InChI=1S/C23H25BrN2O2/c1-27-21-14-19(20(24)15-22(21)28-2)23(26-12-10-25-11-13-26)18-9-5-7-16-6-3-4-8-17(16)18/h3-9,14-15,23,25H,10-13H2,1-2H3. The van der Waals surface area contributed by atoms with E-state index in [0.29, 0.717) is 0 Å². The van der Waals surface area contributed by atoms with Gasteiger partial charge in [-0.2, -0.15) is 0 Å². The van der Waals surface area contributed by atoms with Crippen molar-refractivity contribution in [2.24, 2.45) is 0 Å². The SMILES string of the molecule is COc1cc(Br)c(C(c2cccc3ccccc23)N2CCNCC2)cc1OC. The topological polar surface area (TPSA) is 33.7 Å². The number of halogens is 1. The molecule has 5 heteroatoms. The van der Waals surface area contributed by atoms with Crippen LogP contribution in [0.1, 0.15) is 17.2 Å². The minimum atomic E-state index is 0.127. The van der Waals surface area contributed by atoms with Gasteiger partial charge in [0.25, 0.3) is 0 Å². The highest BCUT2D eigenvalue weighted by Gasteiger charge is 2.28. The van der Waals surface area contributed by atoms with E-state index in [9.17, 15) is 0 Å². The first-order chi connectivity index (χ1) is 13.7. The van der Waals surface area contributed by atoms with Crippen LogP contribution in [0.4, 0.5) is 0 Å². The van der Waals surface area contributed by atoms with Crippen molar-refractivity contribution in [1.29, 1.82) is 0 Å². The highest BCUT2D eigenvalue weighted by molar-refractivity contribution is 9.10. The Morgan fingerprint density at radius 1 is 0.893 bits per heavy atom. The monoisotopic (exact) mass is 440 g/mol. The quantitative estimate of drug-likeness (QED) is 0.627. The molecule has 1 atom stereocenters. The van der Waals surface area contributed by atoms with Crippen molar-refractivity contribution < 1.29 is 9.47 Å². The molecule has 0 bridgehead atoms. The maximum atomic E-state index is 5.62. The highest BCUT2D eigenvalue weighted by atomic mass is 79.9. The number of nitrogens with zero attached hydrogens (tertiary/aromatic N) is 1. The molecule has 1 unspecified atom stereocenters. The van der Waals surface area contributed by atoms with Gasteiger partial charge in [0.05, 0.1) is 20.3 Å². The molecule has 1 saturated heterocycles. The second-order valence-corrected chi connectivity index (χ2v) is 7.84.